The average Bonchev–Trinajstić information content (AvgIpc) is 2.90. The van der Waals surface area contributed by atoms with Crippen molar-refractivity contribution in [1.29, 1.82) is 0 Å². The topological polar surface area (TPSA) is 26.0 Å². The Morgan fingerprint density at radius 1 is 0.684 bits per heavy atom. The Bertz CT molecular complexity index is 871. The lowest BCUT2D eigenvalue weighted by Crippen LogP contribution is -1.81. The van der Waals surface area contributed by atoms with E-state index in [1.54, 1.807) is 0 Å². The van der Waals surface area contributed by atoms with E-state index >= 15 is 0 Å². The number of hydrogen-bond donors (Lipinski definition) is 0. The third-order valence-corrected chi connectivity index (χ3v) is 3.42. The molecule has 4 aromatic rings. The monoisotopic (exact) mass is 245 g/mol. The lowest BCUT2D eigenvalue weighted by molar-refractivity contribution is 0.459. The SMILES string of the molecule is c1ccc2c(-c3noc4ccccc34)cccc2c1. The van der Waals surface area contributed by atoms with E-state index in [9.17, 15) is 0 Å². The van der Waals surface area contributed by atoms with Crippen LogP contribution in [0.3, 0.4) is 0 Å². The van der Waals surface area contributed by atoms with Gasteiger partial charge in [0.05, 0.1) is 0 Å². The molecular formula is C17H11NO. The smallest absolute Gasteiger partial charge is 0.167 e. The maximum absolute atomic E-state index is 5.40. The predicted octanol–water partition coefficient (Wildman–Crippen LogP) is 4.65. The van der Waals surface area contributed by atoms with Gasteiger partial charge >= 0.3 is 0 Å². The zero-order chi connectivity index (χ0) is 12.7. The molecule has 0 aliphatic heterocycles. The number of fused-ring (bicyclic) bond motifs is 2. The molecule has 0 spiro atoms. The summed E-state index contributed by atoms with van der Waals surface area (Å²) in [5.41, 5.74) is 2.85. The molecule has 0 bridgehead atoms. The summed E-state index contributed by atoms with van der Waals surface area (Å²) < 4.78 is 5.40. The maximum atomic E-state index is 5.40. The second-order valence-electron chi connectivity index (χ2n) is 4.55. The molecule has 0 amide bonds. The summed E-state index contributed by atoms with van der Waals surface area (Å²) in [5.74, 6) is 0. The Kier molecular flexibility index (Phi) is 2.15. The molecule has 19 heavy (non-hydrogen) atoms. The Balaban J connectivity index is 2.10. The number of para-hydroxylation sites is 1. The van der Waals surface area contributed by atoms with Crippen LogP contribution in [0.25, 0.3) is 33.0 Å². The van der Waals surface area contributed by atoms with Gasteiger partial charge in [0.15, 0.2) is 5.58 Å². The highest BCUT2D eigenvalue weighted by atomic mass is 16.5. The van der Waals surface area contributed by atoms with Crippen LogP contribution in [-0.2, 0) is 0 Å². The average molecular weight is 245 g/mol. The lowest BCUT2D eigenvalue weighted by Gasteiger charge is -2.03. The molecule has 0 aliphatic rings. The first-order valence-corrected chi connectivity index (χ1v) is 6.26. The van der Waals surface area contributed by atoms with Gasteiger partial charge in [-0.25, -0.2) is 0 Å². The molecule has 0 unspecified atom stereocenters. The Morgan fingerprint density at radius 2 is 1.42 bits per heavy atom. The van der Waals surface area contributed by atoms with Crippen molar-refractivity contribution < 1.29 is 4.52 Å². The van der Waals surface area contributed by atoms with Crippen LogP contribution in [0.2, 0.25) is 0 Å². The van der Waals surface area contributed by atoms with Crippen LogP contribution in [0.1, 0.15) is 0 Å². The van der Waals surface area contributed by atoms with Crippen molar-refractivity contribution in [3.8, 4) is 11.3 Å². The van der Waals surface area contributed by atoms with Crippen LogP contribution in [0.4, 0.5) is 0 Å². The highest BCUT2D eigenvalue weighted by Gasteiger charge is 2.11. The van der Waals surface area contributed by atoms with Crippen molar-refractivity contribution in [2.75, 3.05) is 0 Å². The van der Waals surface area contributed by atoms with Gasteiger partial charge in [0.1, 0.15) is 5.69 Å². The molecule has 2 nitrogen and oxygen atoms in total. The summed E-state index contributed by atoms with van der Waals surface area (Å²) in [7, 11) is 0. The van der Waals surface area contributed by atoms with Gasteiger partial charge in [-0.15, -0.1) is 0 Å². The van der Waals surface area contributed by atoms with Gasteiger partial charge in [-0.2, -0.15) is 0 Å². The summed E-state index contributed by atoms with van der Waals surface area (Å²) in [6.45, 7) is 0. The third-order valence-electron chi connectivity index (χ3n) is 3.42. The van der Waals surface area contributed by atoms with Crippen LogP contribution in [0.15, 0.2) is 71.3 Å². The molecular weight excluding hydrogens is 234 g/mol. The van der Waals surface area contributed by atoms with Crippen molar-refractivity contribution in [3.05, 3.63) is 66.7 Å². The van der Waals surface area contributed by atoms with E-state index in [0.717, 1.165) is 22.2 Å². The van der Waals surface area contributed by atoms with E-state index in [1.807, 2.05) is 36.4 Å². The molecule has 0 N–H and O–H groups in total. The number of aromatic nitrogens is 1. The molecule has 1 heterocycles. The van der Waals surface area contributed by atoms with E-state index in [2.05, 4.69) is 35.5 Å². The van der Waals surface area contributed by atoms with Gasteiger partial charge in [-0.3, -0.25) is 0 Å². The second-order valence-corrected chi connectivity index (χ2v) is 4.55. The number of benzene rings is 3. The fourth-order valence-corrected chi connectivity index (χ4v) is 2.51. The first kappa shape index (κ1) is 10.3. The summed E-state index contributed by atoms with van der Waals surface area (Å²) in [6, 6.07) is 22.5. The molecule has 0 aliphatic carbocycles. The zero-order valence-electron chi connectivity index (χ0n) is 10.2. The summed E-state index contributed by atoms with van der Waals surface area (Å²) in [4.78, 5) is 0. The van der Waals surface area contributed by atoms with Gasteiger partial charge in [0.2, 0.25) is 0 Å². The van der Waals surface area contributed by atoms with Crippen molar-refractivity contribution in [3.63, 3.8) is 0 Å². The number of hydrogen-bond acceptors (Lipinski definition) is 2. The first-order chi connectivity index (χ1) is 9.43. The van der Waals surface area contributed by atoms with E-state index in [-0.39, 0.29) is 0 Å². The molecule has 0 saturated carbocycles. The van der Waals surface area contributed by atoms with E-state index in [4.69, 9.17) is 4.52 Å². The molecule has 4 rings (SSSR count). The minimum absolute atomic E-state index is 0.824. The first-order valence-electron chi connectivity index (χ1n) is 6.26. The van der Waals surface area contributed by atoms with Crippen LogP contribution in [-0.4, -0.2) is 5.16 Å². The largest absolute Gasteiger partial charge is 0.356 e. The van der Waals surface area contributed by atoms with Gasteiger partial charge in [-0.05, 0) is 22.9 Å². The molecule has 0 atom stereocenters. The maximum Gasteiger partial charge on any atom is 0.167 e. The van der Waals surface area contributed by atoms with Gasteiger partial charge in [0, 0.05) is 10.9 Å². The fourth-order valence-electron chi connectivity index (χ4n) is 2.51. The van der Waals surface area contributed by atoms with Crippen LogP contribution < -0.4 is 0 Å². The zero-order valence-corrected chi connectivity index (χ0v) is 10.2. The van der Waals surface area contributed by atoms with E-state index < -0.39 is 0 Å². The molecule has 0 fully saturated rings. The number of nitrogens with zero attached hydrogens (tertiary/aromatic N) is 1. The Morgan fingerprint density at radius 3 is 2.37 bits per heavy atom. The molecule has 2 heteroatoms. The summed E-state index contributed by atoms with van der Waals surface area (Å²) >= 11 is 0. The van der Waals surface area contributed by atoms with Crippen molar-refractivity contribution in [2.45, 2.75) is 0 Å². The molecule has 90 valence electrons. The van der Waals surface area contributed by atoms with Gasteiger partial charge in [0.25, 0.3) is 0 Å². The second kappa shape index (κ2) is 3.95. The third kappa shape index (κ3) is 1.54. The number of rotatable bonds is 1. The van der Waals surface area contributed by atoms with Crippen molar-refractivity contribution >= 4 is 21.7 Å². The molecule has 3 aromatic carbocycles. The minimum Gasteiger partial charge on any atom is -0.356 e. The molecule has 0 radical (unpaired) electrons. The van der Waals surface area contributed by atoms with Gasteiger partial charge in [-0.1, -0.05) is 59.8 Å². The van der Waals surface area contributed by atoms with Crippen LogP contribution in [0.5, 0.6) is 0 Å². The molecule has 1 aromatic heterocycles. The standard InChI is InChI=1S/C17H11NO/c1-2-8-13-12(6-1)7-5-10-14(13)17-15-9-3-4-11-16(15)19-18-17/h1-11H. The Labute approximate surface area is 110 Å². The fraction of sp³-hybridized carbons (Fsp3) is 0. The van der Waals surface area contributed by atoms with Crippen LogP contribution in [0, 0.1) is 0 Å². The highest BCUT2D eigenvalue weighted by Crippen LogP contribution is 2.32. The van der Waals surface area contributed by atoms with E-state index in [0.29, 0.717) is 0 Å². The molecule has 0 saturated heterocycles. The summed E-state index contributed by atoms with van der Waals surface area (Å²) in [6.07, 6.45) is 0. The predicted molar refractivity (Wildman–Crippen MR) is 77.0 cm³/mol. The lowest BCUT2D eigenvalue weighted by atomic mass is 10.0. The quantitative estimate of drug-likeness (QED) is 0.488. The normalized spacial score (nSPS) is 11.2. The van der Waals surface area contributed by atoms with Crippen molar-refractivity contribution in [2.24, 2.45) is 0 Å². The summed E-state index contributed by atoms with van der Waals surface area (Å²) in [5, 5.41) is 7.71. The Hall–Kier alpha value is -2.61. The van der Waals surface area contributed by atoms with Gasteiger partial charge < -0.3 is 4.52 Å². The highest BCUT2D eigenvalue weighted by molar-refractivity contribution is 6.02. The van der Waals surface area contributed by atoms with E-state index in [1.165, 1.54) is 10.8 Å². The van der Waals surface area contributed by atoms with Crippen LogP contribution >= 0.6 is 0 Å². The van der Waals surface area contributed by atoms with Crippen molar-refractivity contribution in [1.82, 2.24) is 5.16 Å². The minimum atomic E-state index is 0.824.